The number of carbonyl (C=O) groups excluding carboxylic acids is 1. The highest BCUT2D eigenvalue weighted by Crippen LogP contribution is 2.41. The summed E-state index contributed by atoms with van der Waals surface area (Å²) in [5.41, 5.74) is 6.46. The first-order valence-electron chi connectivity index (χ1n) is 12.2. The van der Waals surface area contributed by atoms with Crippen molar-refractivity contribution in [2.75, 3.05) is 69.3 Å². The van der Waals surface area contributed by atoms with Gasteiger partial charge in [0.05, 0.1) is 24.7 Å². The minimum Gasteiger partial charge on any atom is -0.497 e. The molecule has 0 spiro atoms. The van der Waals surface area contributed by atoms with Crippen LogP contribution in [0.1, 0.15) is 12.0 Å². The molecule has 2 N–H and O–H groups in total. The summed E-state index contributed by atoms with van der Waals surface area (Å²) in [6.45, 7) is 4.15. The van der Waals surface area contributed by atoms with E-state index in [1.54, 1.807) is 19.2 Å². The molecular weight excluding hydrogens is 462 g/mol. The van der Waals surface area contributed by atoms with Gasteiger partial charge in [0.1, 0.15) is 18.1 Å². The minimum atomic E-state index is -0.565. The van der Waals surface area contributed by atoms with Crippen LogP contribution in [0, 0.1) is 0 Å². The molecule has 36 heavy (non-hydrogen) atoms. The van der Waals surface area contributed by atoms with Crippen molar-refractivity contribution in [3.8, 4) is 11.5 Å². The number of likely N-dealkylation sites (N-methyl/N-ethyl adjacent to an activating group) is 1. The zero-order valence-electron chi connectivity index (χ0n) is 21.0. The summed E-state index contributed by atoms with van der Waals surface area (Å²) >= 11 is 0. The number of nitrogens with one attached hydrogen (secondary N) is 2. The van der Waals surface area contributed by atoms with E-state index in [-0.39, 0.29) is 5.91 Å². The molecule has 2 aromatic rings. The lowest BCUT2D eigenvalue weighted by molar-refractivity contribution is -0.123. The third-order valence-electron chi connectivity index (χ3n) is 6.68. The van der Waals surface area contributed by atoms with Crippen molar-refractivity contribution in [1.29, 1.82) is 0 Å². The van der Waals surface area contributed by atoms with Crippen LogP contribution in [-0.2, 0) is 20.8 Å². The lowest BCUT2D eigenvalue weighted by Crippen LogP contribution is -2.45. The number of anilines is 3. The fraction of sp³-hybridized carbons (Fsp3) is 0.423. The van der Waals surface area contributed by atoms with Crippen LogP contribution in [-0.4, -0.2) is 71.0 Å². The number of hydrazine groups is 1. The molecule has 1 amide bonds. The van der Waals surface area contributed by atoms with Gasteiger partial charge in [-0.2, -0.15) is 0 Å². The molecule has 1 atom stereocenters. The van der Waals surface area contributed by atoms with Gasteiger partial charge in [0.2, 0.25) is 0 Å². The van der Waals surface area contributed by atoms with Crippen LogP contribution < -0.4 is 30.3 Å². The van der Waals surface area contributed by atoms with Crippen LogP contribution in [0.2, 0.25) is 0 Å². The van der Waals surface area contributed by atoms with Crippen molar-refractivity contribution in [2.45, 2.75) is 18.9 Å². The number of amides is 1. The number of fused-ring (bicyclic) bond motifs is 1. The van der Waals surface area contributed by atoms with Gasteiger partial charge in [0.15, 0.2) is 11.9 Å². The van der Waals surface area contributed by atoms with E-state index in [0.717, 1.165) is 61.0 Å². The van der Waals surface area contributed by atoms with Crippen molar-refractivity contribution >= 4 is 23.0 Å². The van der Waals surface area contributed by atoms with Gasteiger partial charge in [-0.1, -0.05) is 5.59 Å². The second-order valence-corrected chi connectivity index (χ2v) is 9.20. The average molecular weight is 496 g/mol. The van der Waals surface area contributed by atoms with Gasteiger partial charge < -0.3 is 34.2 Å². The third kappa shape index (κ3) is 5.20. The first-order chi connectivity index (χ1) is 17.5. The fourth-order valence-electron chi connectivity index (χ4n) is 4.61. The molecule has 0 bridgehead atoms. The molecule has 1 fully saturated rings. The summed E-state index contributed by atoms with van der Waals surface area (Å²) in [7, 11) is 5.43. The molecule has 3 aliphatic rings. The number of nitrogens with zero attached hydrogens (tertiary/aromatic N) is 3. The maximum atomic E-state index is 13.1. The normalized spacial score (nSPS) is 19.8. The van der Waals surface area contributed by atoms with Gasteiger partial charge in [-0.3, -0.25) is 4.79 Å². The lowest BCUT2D eigenvalue weighted by atomic mass is 9.99. The Labute approximate surface area is 211 Å². The Bertz CT molecular complexity index is 1110. The number of ether oxygens (including phenoxy) is 3. The van der Waals surface area contributed by atoms with E-state index < -0.39 is 6.10 Å². The maximum Gasteiger partial charge on any atom is 0.265 e. The average Bonchev–Trinajstić information content (AvgIpc) is 3.37. The number of benzene rings is 2. The van der Waals surface area contributed by atoms with Crippen LogP contribution in [0.4, 0.5) is 17.1 Å². The van der Waals surface area contributed by atoms with Crippen LogP contribution in [0.3, 0.4) is 0 Å². The van der Waals surface area contributed by atoms with Crippen LogP contribution in [0.15, 0.2) is 48.4 Å². The molecule has 3 aliphatic heterocycles. The van der Waals surface area contributed by atoms with E-state index in [0.29, 0.717) is 24.5 Å². The second kappa shape index (κ2) is 10.7. The summed E-state index contributed by atoms with van der Waals surface area (Å²) in [6, 6.07) is 11.5. The molecule has 1 saturated heterocycles. The molecule has 0 aromatic heterocycles. The first-order valence-corrected chi connectivity index (χ1v) is 12.2. The van der Waals surface area contributed by atoms with E-state index in [1.807, 2.05) is 42.6 Å². The SMILES string of the molecule is COCC1=CN(c2ccc(NC(=O)C3CCc4cc(OC)cc(N5CCN(C)CC5)c4O3)cc2)NO1. The molecule has 5 rings (SSSR count). The molecule has 0 radical (unpaired) electrons. The quantitative estimate of drug-likeness (QED) is 0.602. The highest BCUT2D eigenvalue weighted by molar-refractivity contribution is 5.95. The van der Waals surface area contributed by atoms with Crippen molar-refractivity contribution in [2.24, 2.45) is 0 Å². The molecule has 0 aliphatic carbocycles. The van der Waals surface area contributed by atoms with Crippen molar-refractivity contribution < 1.29 is 23.8 Å². The van der Waals surface area contributed by atoms with Gasteiger partial charge in [0.25, 0.3) is 5.91 Å². The number of carbonyl (C=O) groups is 1. The summed E-state index contributed by atoms with van der Waals surface area (Å²) in [5, 5.41) is 4.75. The topological polar surface area (TPSA) is 87.8 Å². The Morgan fingerprint density at radius 1 is 1.14 bits per heavy atom. The molecule has 2 aromatic carbocycles. The predicted molar refractivity (Wildman–Crippen MR) is 137 cm³/mol. The molecule has 192 valence electrons. The van der Waals surface area contributed by atoms with Gasteiger partial charge in [-0.05, 0) is 50.2 Å². The minimum absolute atomic E-state index is 0.154. The smallest absolute Gasteiger partial charge is 0.265 e. The maximum absolute atomic E-state index is 13.1. The zero-order valence-corrected chi connectivity index (χ0v) is 21.0. The highest BCUT2D eigenvalue weighted by Gasteiger charge is 2.31. The number of hydrogen-bond acceptors (Lipinski definition) is 9. The van der Waals surface area contributed by atoms with Gasteiger partial charge in [-0.15, -0.1) is 0 Å². The van der Waals surface area contributed by atoms with Crippen molar-refractivity contribution in [3.05, 3.63) is 53.9 Å². The van der Waals surface area contributed by atoms with Crippen LogP contribution >= 0.6 is 0 Å². The summed E-state index contributed by atoms with van der Waals surface area (Å²) < 4.78 is 17.0. The number of methoxy groups -OCH3 is 2. The molecule has 3 heterocycles. The Morgan fingerprint density at radius 2 is 1.92 bits per heavy atom. The summed E-state index contributed by atoms with van der Waals surface area (Å²) in [6.07, 6.45) is 2.61. The van der Waals surface area contributed by atoms with Gasteiger partial charge in [0, 0.05) is 50.6 Å². The van der Waals surface area contributed by atoms with Gasteiger partial charge in [-0.25, -0.2) is 5.01 Å². The third-order valence-corrected chi connectivity index (χ3v) is 6.68. The Kier molecular flexibility index (Phi) is 7.17. The molecule has 10 nitrogen and oxygen atoms in total. The van der Waals surface area contributed by atoms with Crippen LogP contribution in [0.5, 0.6) is 11.5 Å². The van der Waals surface area contributed by atoms with Crippen molar-refractivity contribution in [3.63, 3.8) is 0 Å². The Hall–Kier alpha value is -3.47. The number of piperazine rings is 1. The Morgan fingerprint density at radius 3 is 2.64 bits per heavy atom. The van der Waals surface area contributed by atoms with E-state index >= 15 is 0 Å². The molecule has 1 unspecified atom stereocenters. The van der Waals surface area contributed by atoms with E-state index in [9.17, 15) is 4.79 Å². The second-order valence-electron chi connectivity index (χ2n) is 9.20. The number of hydrogen-bond donors (Lipinski definition) is 2. The standard InChI is InChI=1S/C26H33N5O5/c1-29-10-12-30(13-11-29)23-15-21(34-3)14-18-4-9-24(35-25(18)23)26(32)27-19-5-7-20(8-6-19)31-16-22(17-33-2)36-28-31/h5-8,14-16,24,28H,4,9-13,17H2,1-3H3,(H,27,32). The lowest BCUT2D eigenvalue weighted by Gasteiger charge is -2.37. The summed E-state index contributed by atoms with van der Waals surface area (Å²) in [5.74, 6) is 2.13. The molecule has 0 saturated carbocycles. The van der Waals surface area contributed by atoms with Crippen molar-refractivity contribution in [1.82, 2.24) is 10.5 Å². The Balaban J connectivity index is 1.26. The van der Waals surface area contributed by atoms with Gasteiger partial charge >= 0.3 is 0 Å². The van der Waals surface area contributed by atoms with E-state index in [2.05, 4.69) is 27.8 Å². The monoisotopic (exact) mass is 495 g/mol. The number of rotatable bonds is 7. The first kappa shape index (κ1) is 24.2. The van der Waals surface area contributed by atoms with E-state index in [4.69, 9.17) is 19.0 Å². The molecule has 10 heteroatoms. The zero-order chi connectivity index (χ0) is 25.1. The predicted octanol–water partition coefficient (Wildman–Crippen LogP) is 2.52. The van der Waals surface area contributed by atoms with Crippen LogP contribution in [0.25, 0.3) is 0 Å². The number of aryl methyl sites for hydroxylation is 1. The fourth-order valence-corrected chi connectivity index (χ4v) is 4.61. The molecular formula is C26H33N5O5. The summed E-state index contributed by atoms with van der Waals surface area (Å²) in [4.78, 5) is 23.1. The largest absolute Gasteiger partial charge is 0.497 e. The van der Waals surface area contributed by atoms with E-state index in [1.165, 1.54) is 0 Å². The highest BCUT2D eigenvalue weighted by atomic mass is 16.7.